The van der Waals surface area contributed by atoms with Crippen molar-refractivity contribution in [2.24, 2.45) is 0 Å². The molecule has 0 heterocycles. The van der Waals surface area contributed by atoms with E-state index in [0.29, 0.717) is 5.69 Å². The van der Waals surface area contributed by atoms with Crippen LogP contribution in [0.3, 0.4) is 0 Å². The molecule has 5 nitrogen and oxygen atoms in total. The van der Waals surface area contributed by atoms with Crippen LogP contribution in [0.2, 0.25) is 0 Å². The Morgan fingerprint density at radius 3 is 2.30 bits per heavy atom. The van der Waals surface area contributed by atoms with E-state index >= 15 is 0 Å². The first-order valence-corrected chi connectivity index (χ1v) is 6.39. The van der Waals surface area contributed by atoms with Crippen LogP contribution in [0.15, 0.2) is 24.3 Å². The molecule has 20 heavy (non-hydrogen) atoms. The molecule has 0 spiro atoms. The highest BCUT2D eigenvalue weighted by Gasteiger charge is 2.31. The molecule has 0 unspecified atom stereocenters. The molecule has 5 heteroatoms. The Hall–Kier alpha value is -2.04. The number of carbonyl (C=O) groups excluding carboxylic acids is 2. The summed E-state index contributed by atoms with van der Waals surface area (Å²) in [6, 6.07) is 9.91. The number of para-hydroxylation sites is 1. The number of rotatable bonds is 3. The van der Waals surface area contributed by atoms with Crippen molar-refractivity contribution in [1.29, 1.82) is 0 Å². The number of benzene rings is 1. The fraction of sp³-hybridized carbons (Fsp3) is 0.467. The molecule has 0 aliphatic heterocycles. The van der Waals surface area contributed by atoms with Gasteiger partial charge >= 0.3 is 6.09 Å². The largest absolute Gasteiger partial charge is 0.444 e. The Kier molecular flexibility index (Phi) is 4.76. The van der Waals surface area contributed by atoms with E-state index in [0.717, 1.165) is 0 Å². The van der Waals surface area contributed by atoms with Gasteiger partial charge in [0.15, 0.2) is 0 Å². The van der Waals surface area contributed by atoms with E-state index in [1.165, 1.54) is 0 Å². The summed E-state index contributed by atoms with van der Waals surface area (Å²) in [5, 5.41) is 5.23. The Labute approximate surface area is 119 Å². The molecule has 1 aromatic carbocycles. The Balaban J connectivity index is 2.64. The zero-order valence-corrected chi connectivity index (χ0v) is 12.5. The molecule has 1 aromatic rings. The first-order valence-electron chi connectivity index (χ1n) is 6.39. The predicted molar refractivity (Wildman–Crippen MR) is 77.4 cm³/mol. The normalized spacial score (nSPS) is 11.7. The van der Waals surface area contributed by atoms with Crippen molar-refractivity contribution in [2.45, 2.75) is 45.8 Å². The molecule has 2 amide bonds. The molecule has 0 aliphatic carbocycles. The van der Waals surface area contributed by atoms with Crippen LogP contribution in [0, 0.1) is 6.07 Å². The van der Waals surface area contributed by atoms with Gasteiger partial charge in [-0.3, -0.25) is 4.79 Å². The average molecular weight is 277 g/mol. The molecule has 0 aromatic heterocycles. The minimum absolute atomic E-state index is 0.342. The average Bonchev–Trinajstić information content (AvgIpc) is 2.26. The summed E-state index contributed by atoms with van der Waals surface area (Å²) in [7, 11) is 0. The summed E-state index contributed by atoms with van der Waals surface area (Å²) in [5.41, 5.74) is -1.15. The van der Waals surface area contributed by atoms with Crippen LogP contribution in [0.1, 0.15) is 34.6 Å². The highest BCUT2D eigenvalue weighted by Crippen LogP contribution is 2.12. The topological polar surface area (TPSA) is 67.4 Å². The fourth-order valence-corrected chi connectivity index (χ4v) is 1.37. The van der Waals surface area contributed by atoms with Crippen LogP contribution in [-0.4, -0.2) is 23.1 Å². The smallest absolute Gasteiger partial charge is 0.408 e. The van der Waals surface area contributed by atoms with Crippen molar-refractivity contribution in [1.82, 2.24) is 5.32 Å². The first kappa shape index (κ1) is 16.0. The molecule has 1 radical (unpaired) electrons. The Morgan fingerprint density at radius 1 is 1.15 bits per heavy atom. The SMILES string of the molecule is CC(C)(C)OC(=O)NC(C)(C)C(=O)Nc1[c]cccc1. The van der Waals surface area contributed by atoms with Gasteiger partial charge in [-0.15, -0.1) is 0 Å². The van der Waals surface area contributed by atoms with Crippen LogP contribution >= 0.6 is 0 Å². The third kappa shape index (κ3) is 5.30. The molecule has 0 saturated heterocycles. The lowest BCUT2D eigenvalue weighted by molar-refractivity contribution is -0.121. The van der Waals surface area contributed by atoms with Gasteiger partial charge in [0.2, 0.25) is 5.91 Å². The maximum absolute atomic E-state index is 12.1. The van der Waals surface area contributed by atoms with Gasteiger partial charge in [-0.25, -0.2) is 4.79 Å². The summed E-state index contributed by atoms with van der Waals surface area (Å²) in [6.07, 6.45) is -0.630. The third-order valence-electron chi connectivity index (χ3n) is 2.34. The molecule has 109 valence electrons. The zero-order chi connectivity index (χ0) is 15.4. The van der Waals surface area contributed by atoms with E-state index in [1.54, 1.807) is 58.9 Å². The lowest BCUT2D eigenvalue weighted by atomic mass is 10.0. The molecule has 0 saturated carbocycles. The molecular weight excluding hydrogens is 256 g/mol. The van der Waals surface area contributed by atoms with Crippen LogP contribution in [0.4, 0.5) is 10.5 Å². The van der Waals surface area contributed by atoms with Crippen LogP contribution in [0.25, 0.3) is 0 Å². The Morgan fingerprint density at radius 2 is 1.80 bits per heavy atom. The lowest BCUT2D eigenvalue weighted by Crippen LogP contribution is -2.53. The second-order valence-electron chi connectivity index (χ2n) is 5.98. The number of nitrogens with one attached hydrogen (secondary N) is 2. The van der Waals surface area contributed by atoms with Crippen molar-refractivity contribution in [3.05, 3.63) is 30.3 Å². The molecule has 0 fully saturated rings. The van der Waals surface area contributed by atoms with E-state index in [4.69, 9.17) is 4.74 Å². The second-order valence-corrected chi connectivity index (χ2v) is 5.98. The van der Waals surface area contributed by atoms with Crippen molar-refractivity contribution in [2.75, 3.05) is 5.32 Å². The standard InChI is InChI=1S/C15H21N2O3/c1-14(2,3)20-13(19)17-15(4,5)12(18)16-11-9-7-6-8-10-11/h6-9H,1-5H3,(H,16,18)(H,17,19). The quantitative estimate of drug-likeness (QED) is 0.892. The van der Waals surface area contributed by atoms with Gasteiger partial charge in [-0.1, -0.05) is 18.2 Å². The molecule has 0 bridgehead atoms. The van der Waals surface area contributed by atoms with E-state index < -0.39 is 17.2 Å². The van der Waals surface area contributed by atoms with Crippen molar-refractivity contribution >= 4 is 17.7 Å². The highest BCUT2D eigenvalue weighted by atomic mass is 16.6. The van der Waals surface area contributed by atoms with Gasteiger partial charge in [-0.2, -0.15) is 0 Å². The number of ether oxygens (including phenoxy) is 1. The number of amides is 2. The van der Waals surface area contributed by atoms with Gasteiger partial charge in [0, 0.05) is 11.8 Å². The summed E-state index contributed by atoms with van der Waals surface area (Å²) in [6.45, 7) is 8.50. The van der Waals surface area contributed by atoms with E-state index in [1.807, 2.05) is 0 Å². The van der Waals surface area contributed by atoms with Gasteiger partial charge in [-0.05, 0) is 40.7 Å². The summed E-state index contributed by atoms with van der Waals surface area (Å²) >= 11 is 0. The molecule has 0 aliphatic rings. The summed E-state index contributed by atoms with van der Waals surface area (Å²) in [4.78, 5) is 23.8. The monoisotopic (exact) mass is 277 g/mol. The molecular formula is C15H21N2O3. The third-order valence-corrected chi connectivity index (χ3v) is 2.34. The minimum atomic E-state index is -1.09. The predicted octanol–water partition coefficient (Wildman–Crippen LogP) is 2.73. The molecule has 2 N–H and O–H groups in total. The van der Waals surface area contributed by atoms with Gasteiger partial charge in [0.25, 0.3) is 0 Å². The van der Waals surface area contributed by atoms with Gasteiger partial charge in [0.05, 0.1) is 0 Å². The molecule has 1 rings (SSSR count). The number of hydrogen-bond donors (Lipinski definition) is 2. The fourth-order valence-electron chi connectivity index (χ4n) is 1.37. The van der Waals surface area contributed by atoms with Crippen molar-refractivity contribution in [3.8, 4) is 0 Å². The number of hydrogen-bond acceptors (Lipinski definition) is 3. The number of alkyl carbamates (subject to hydrolysis) is 1. The second kappa shape index (κ2) is 5.94. The van der Waals surface area contributed by atoms with Crippen LogP contribution in [0.5, 0.6) is 0 Å². The van der Waals surface area contributed by atoms with Crippen LogP contribution in [-0.2, 0) is 9.53 Å². The minimum Gasteiger partial charge on any atom is -0.444 e. The maximum Gasteiger partial charge on any atom is 0.408 e. The number of carbonyl (C=O) groups is 2. The van der Waals surface area contributed by atoms with Crippen molar-refractivity contribution in [3.63, 3.8) is 0 Å². The van der Waals surface area contributed by atoms with Gasteiger partial charge in [0.1, 0.15) is 11.1 Å². The van der Waals surface area contributed by atoms with E-state index in [2.05, 4.69) is 16.7 Å². The Bertz CT molecular complexity index is 476. The lowest BCUT2D eigenvalue weighted by Gasteiger charge is -2.27. The van der Waals surface area contributed by atoms with E-state index in [9.17, 15) is 9.59 Å². The molecule has 0 atom stereocenters. The summed E-state index contributed by atoms with van der Waals surface area (Å²) < 4.78 is 5.14. The number of anilines is 1. The van der Waals surface area contributed by atoms with Crippen molar-refractivity contribution < 1.29 is 14.3 Å². The first-order chi connectivity index (χ1) is 9.10. The summed E-state index contributed by atoms with van der Waals surface area (Å²) in [5.74, 6) is -0.342. The van der Waals surface area contributed by atoms with Gasteiger partial charge < -0.3 is 15.4 Å². The van der Waals surface area contributed by atoms with E-state index in [-0.39, 0.29) is 5.91 Å². The zero-order valence-electron chi connectivity index (χ0n) is 12.5. The highest BCUT2D eigenvalue weighted by molar-refractivity contribution is 5.99. The maximum atomic E-state index is 12.1. The van der Waals surface area contributed by atoms with Crippen LogP contribution < -0.4 is 10.6 Å².